The number of hydrogen-bond donors (Lipinski definition) is 4. The molecule has 196 valence electrons. The van der Waals surface area contributed by atoms with E-state index in [1.54, 1.807) is 30.3 Å². The molecule has 0 aliphatic heterocycles. The summed E-state index contributed by atoms with van der Waals surface area (Å²) in [5.74, 6) is 4.07. The highest BCUT2D eigenvalue weighted by Gasteiger charge is 2.51. The molecule has 0 atom stereocenters. The molecule has 8 nitrogen and oxygen atoms in total. The Morgan fingerprint density at radius 2 is 1.63 bits per heavy atom. The monoisotopic (exact) mass is 536 g/mol. The zero-order valence-electron chi connectivity index (χ0n) is 20.7. The minimum absolute atomic E-state index is 0. The largest absolute Gasteiger partial charge is 0.455 e. The van der Waals surface area contributed by atoms with E-state index in [0.29, 0.717) is 46.3 Å². The lowest BCUT2D eigenvalue weighted by molar-refractivity contribution is -0.124. The lowest BCUT2D eigenvalue weighted by atomic mass is 9.95. The van der Waals surface area contributed by atoms with E-state index in [-0.39, 0.29) is 30.0 Å². The van der Waals surface area contributed by atoms with Crippen LogP contribution < -0.4 is 21.9 Å². The van der Waals surface area contributed by atoms with E-state index in [0.717, 1.165) is 16.7 Å². The van der Waals surface area contributed by atoms with Gasteiger partial charge in [0.1, 0.15) is 22.7 Å². The average Bonchev–Trinajstić information content (AvgIpc) is 3.59. The molecule has 1 heterocycles. The molecule has 1 aromatic heterocycles. The number of halogens is 2. The van der Waals surface area contributed by atoms with Crippen molar-refractivity contribution in [2.24, 2.45) is 5.84 Å². The van der Waals surface area contributed by atoms with Crippen LogP contribution >= 0.6 is 12.4 Å². The van der Waals surface area contributed by atoms with Gasteiger partial charge < -0.3 is 15.1 Å². The molecule has 5 rings (SSSR count). The predicted octanol–water partition coefficient (Wildman–Crippen LogP) is 4.25. The van der Waals surface area contributed by atoms with Gasteiger partial charge in [-0.25, -0.2) is 10.2 Å². The molecular weight excluding hydrogens is 511 g/mol. The molecule has 3 amide bonds. The highest BCUT2D eigenvalue weighted by atomic mass is 35.5. The summed E-state index contributed by atoms with van der Waals surface area (Å²) in [5.41, 5.74) is 5.42. The van der Waals surface area contributed by atoms with Crippen molar-refractivity contribution in [1.29, 1.82) is 0 Å². The number of benzene rings is 3. The molecule has 1 saturated carbocycles. The average molecular weight is 537 g/mol. The number of aryl methyl sites for hydroxylation is 1. The number of furan rings is 1. The number of rotatable bonds is 6. The third kappa shape index (κ3) is 4.73. The van der Waals surface area contributed by atoms with Crippen LogP contribution in [-0.2, 0) is 4.79 Å². The van der Waals surface area contributed by atoms with Crippen molar-refractivity contribution in [3.05, 3.63) is 83.2 Å². The van der Waals surface area contributed by atoms with E-state index >= 15 is 0 Å². The number of hydrogen-bond acceptors (Lipinski definition) is 5. The summed E-state index contributed by atoms with van der Waals surface area (Å²) in [6.45, 7) is 1.92. The first-order chi connectivity index (χ1) is 17.8. The summed E-state index contributed by atoms with van der Waals surface area (Å²) in [6.07, 6.45) is 1.05. The summed E-state index contributed by atoms with van der Waals surface area (Å²) < 4.78 is 19.5. The molecule has 1 aliphatic rings. The van der Waals surface area contributed by atoms with Gasteiger partial charge in [0.25, 0.3) is 17.7 Å². The highest BCUT2D eigenvalue weighted by molar-refractivity contribution is 6.12. The number of carbonyl (C=O) groups is 3. The van der Waals surface area contributed by atoms with Crippen molar-refractivity contribution < 1.29 is 23.2 Å². The van der Waals surface area contributed by atoms with Crippen molar-refractivity contribution in [2.75, 3.05) is 7.05 Å². The van der Waals surface area contributed by atoms with Gasteiger partial charge in [-0.15, -0.1) is 12.4 Å². The van der Waals surface area contributed by atoms with Gasteiger partial charge >= 0.3 is 0 Å². The Bertz CT molecular complexity index is 1560. The fourth-order valence-corrected chi connectivity index (χ4v) is 4.46. The number of nitrogens with two attached hydrogens (primary N) is 1. The Morgan fingerprint density at radius 1 is 0.947 bits per heavy atom. The van der Waals surface area contributed by atoms with E-state index in [1.807, 2.05) is 25.1 Å². The standard InChI is InChI=1S/C28H25FN4O4.ClH/c1-15-3-4-18(25(34)32-28(11-12-28)27(36)33-30)14-20(15)17-7-10-22-21(13-17)23(26(35)31-2)24(37-22)16-5-8-19(29)9-6-16;/h3-10,13-14H,11-12,30H2,1-2H3,(H,31,35)(H,32,34)(H,33,36);1H. The molecule has 10 heteroatoms. The number of amides is 3. The van der Waals surface area contributed by atoms with E-state index < -0.39 is 11.4 Å². The molecule has 3 aromatic carbocycles. The van der Waals surface area contributed by atoms with Crippen LogP contribution in [0, 0.1) is 12.7 Å². The maximum atomic E-state index is 13.5. The van der Waals surface area contributed by atoms with Crippen molar-refractivity contribution in [3.63, 3.8) is 0 Å². The van der Waals surface area contributed by atoms with Crippen molar-refractivity contribution >= 4 is 41.1 Å². The third-order valence-corrected chi connectivity index (χ3v) is 6.73. The van der Waals surface area contributed by atoms with Crippen LogP contribution in [0.1, 0.15) is 39.1 Å². The van der Waals surface area contributed by atoms with E-state index in [4.69, 9.17) is 10.3 Å². The second kappa shape index (κ2) is 10.3. The zero-order chi connectivity index (χ0) is 26.3. The summed E-state index contributed by atoms with van der Waals surface area (Å²) in [5, 5.41) is 6.03. The van der Waals surface area contributed by atoms with Gasteiger partial charge in [-0.2, -0.15) is 0 Å². The van der Waals surface area contributed by atoms with Gasteiger partial charge in [-0.05, 0) is 85.0 Å². The maximum absolute atomic E-state index is 13.5. The smallest absolute Gasteiger partial charge is 0.259 e. The molecule has 1 aliphatic carbocycles. The van der Waals surface area contributed by atoms with Crippen molar-refractivity contribution in [1.82, 2.24) is 16.1 Å². The van der Waals surface area contributed by atoms with E-state index in [9.17, 15) is 18.8 Å². The first-order valence-electron chi connectivity index (χ1n) is 11.8. The Balaban J connectivity index is 0.00000336. The van der Waals surface area contributed by atoms with E-state index in [2.05, 4.69) is 16.1 Å². The van der Waals surface area contributed by atoms with Gasteiger partial charge in [0.2, 0.25) is 0 Å². The van der Waals surface area contributed by atoms with Crippen LogP contribution in [0.25, 0.3) is 33.4 Å². The van der Waals surface area contributed by atoms with Crippen molar-refractivity contribution in [3.8, 4) is 22.5 Å². The quantitative estimate of drug-likeness (QED) is 0.166. The Labute approximate surface area is 224 Å². The minimum Gasteiger partial charge on any atom is -0.455 e. The fourth-order valence-electron chi connectivity index (χ4n) is 4.46. The summed E-state index contributed by atoms with van der Waals surface area (Å²) >= 11 is 0. The number of hydrazine groups is 1. The molecule has 4 aromatic rings. The molecule has 5 N–H and O–H groups in total. The van der Waals surface area contributed by atoms with E-state index in [1.165, 1.54) is 19.2 Å². The van der Waals surface area contributed by atoms with Crippen LogP contribution in [0.15, 0.2) is 65.1 Å². The lowest BCUT2D eigenvalue weighted by Gasteiger charge is -2.16. The highest BCUT2D eigenvalue weighted by Crippen LogP contribution is 2.38. The van der Waals surface area contributed by atoms with Crippen LogP contribution in [0.2, 0.25) is 0 Å². The molecule has 1 fully saturated rings. The number of fused-ring (bicyclic) bond motifs is 1. The SMILES string of the molecule is CNC(=O)c1c(-c2ccc(F)cc2)oc2ccc(-c3cc(C(=O)NC4(C(=O)NN)CC4)ccc3C)cc12.Cl. The van der Waals surface area contributed by atoms with Crippen LogP contribution in [-0.4, -0.2) is 30.3 Å². The zero-order valence-corrected chi connectivity index (χ0v) is 21.5. The second-order valence-corrected chi connectivity index (χ2v) is 9.14. The second-order valence-electron chi connectivity index (χ2n) is 9.14. The lowest BCUT2D eigenvalue weighted by Crippen LogP contribution is -2.51. The van der Waals surface area contributed by atoms with Crippen molar-refractivity contribution in [2.45, 2.75) is 25.3 Å². The molecule has 0 unspecified atom stereocenters. The Hall–Kier alpha value is -4.21. The first-order valence-corrected chi connectivity index (χ1v) is 11.8. The summed E-state index contributed by atoms with van der Waals surface area (Å²) in [4.78, 5) is 37.9. The predicted molar refractivity (Wildman–Crippen MR) is 144 cm³/mol. The third-order valence-electron chi connectivity index (χ3n) is 6.73. The molecule has 0 radical (unpaired) electrons. The molecular formula is C28H26ClFN4O4. The van der Waals surface area contributed by atoms with Gasteiger partial charge in [-0.3, -0.25) is 19.8 Å². The molecule has 0 bridgehead atoms. The topological polar surface area (TPSA) is 126 Å². The maximum Gasteiger partial charge on any atom is 0.259 e. The first kappa shape index (κ1) is 26.8. The minimum atomic E-state index is -0.967. The van der Waals surface area contributed by atoms with Gasteiger partial charge in [0.15, 0.2) is 0 Å². The Morgan fingerprint density at radius 3 is 2.26 bits per heavy atom. The van der Waals surface area contributed by atoms with Gasteiger partial charge in [0.05, 0.1) is 5.56 Å². The van der Waals surface area contributed by atoms with Gasteiger partial charge in [0, 0.05) is 23.6 Å². The number of nitrogens with one attached hydrogen (secondary N) is 3. The number of carbonyl (C=O) groups excluding carboxylic acids is 3. The van der Waals surface area contributed by atoms with Crippen LogP contribution in [0.5, 0.6) is 0 Å². The Kier molecular flexibility index (Phi) is 7.26. The molecule has 0 saturated heterocycles. The van der Waals surface area contributed by atoms with Gasteiger partial charge in [-0.1, -0.05) is 12.1 Å². The van der Waals surface area contributed by atoms with Crippen LogP contribution in [0.3, 0.4) is 0 Å². The molecule has 0 spiro atoms. The molecule has 38 heavy (non-hydrogen) atoms. The summed E-state index contributed by atoms with van der Waals surface area (Å²) in [7, 11) is 1.53. The normalized spacial score (nSPS) is 13.4. The fraction of sp³-hybridized carbons (Fsp3) is 0.179. The summed E-state index contributed by atoms with van der Waals surface area (Å²) in [6, 6.07) is 16.5. The van der Waals surface area contributed by atoms with Crippen LogP contribution in [0.4, 0.5) is 4.39 Å².